The number of aryl methyl sites for hydroxylation is 1. The van der Waals surface area contributed by atoms with E-state index in [1.165, 1.54) is 0 Å². The number of carbonyl (C=O) groups is 1. The number of carbonyl (C=O) groups excluding carboxylic acids is 1. The first-order valence-corrected chi connectivity index (χ1v) is 7.99. The Morgan fingerprint density at radius 2 is 2.18 bits per heavy atom. The van der Waals surface area contributed by atoms with E-state index in [0.29, 0.717) is 18.0 Å². The molecule has 0 radical (unpaired) electrons. The molecule has 2 atom stereocenters. The van der Waals surface area contributed by atoms with E-state index in [2.05, 4.69) is 11.9 Å². The second-order valence-electron chi connectivity index (χ2n) is 6.25. The maximum atomic E-state index is 13.1. The first-order chi connectivity index (χ1) is 10.6. The minimum atomic E-state index is 0.0608. The van der Waals surface area contributed by atoms with Crippen molar-refractivity contribution in [3.8, 4) is 0 Å². The molecule has 1 aliphatic rings. The molecule has 4 nitrogen and oxygen atoms in total. The second-order valence-corrected chi connectivity index (χ2v) is 6.25. The standard InChI is InChI=1S/C18H23N3O/c1-12-5-4-10-21(16(12)11-19)18(22)15-7-3-6-14-9-8-13(2)20-17(14)15/h3,6-9,12,16H,4-5,10-11,19H2,1-2H3/t12-,16-/m1/s1. The predicted molar refractivity (Wildman–Crippen MR) is 88.8 cm³/mol. The third-order valence-corrected chi connectivity index (χ3v) is 4.71. The van der Waals surface area contributed by atoms with Crippen LogP contribution in [0.4, 0.5) is 0 Å². The van der Waals surface area contributed by atoms with Crippen molar-refractivity contribution in [2.75, 3.05) is 13.1 Å². The molecule has 0 saturated carbocycles. The Kier molecular flexibility index (Phi) is 4.12. The largest absolute Gasteiger partial charge is 0.334 e. The van der Waals surface area contributed by atoms with Gasteiger partial charge in [-0.25, -0.2) is 0 Å². The fraction of sp³-hybridized carbons (Fsp3) is 0.444. The van der Waals surface area contributed by atoms with Crippen molar-refractivity contribution in [2.45, 2.75) is 32.7 Å². The molecule has 22 heavy (non-hydrogen) atoms. The van der Waals surface area contributed by atoms with Crippen LogP contribution < -0.4 is 5.73 Å². The van der Waals surface area contributed by atoms with Crippen LogP contribution in [0.1, 0.15) is 35.8 Å². The summed E-state index contributed by atoms with van der Waals surface area (Å²) in [5, 5.41) is 1.01. The summed E-state index contributed by atoms with van der Waals surface area (Å²) in [6, 6.07) is 9.93. The Morgan fingerprint density at radius 3 is 2.95 bits per heavy atom. The van der Waals surface area contributed by atoms with Gasteiger partial charge in [0.2, 0.25) is 0 Å². The van der Waals surface area contributed by atoms with Crippen LogP contribution in [0.2, 0.25) is 0 Å². The lowest BCUT2D eigenvalue weighted by Gasteiger charge is -2.39. The van der Waals surface area contributed by atoms with Crippen molar-refractivity contribution in [2.24, 2.45) is 11.7 Å². The first-order valence-electron chi connectivity index (χ1n) is 7.99. The first kappa shape index (κ1) is 15.0. The van der Waals surface area contributed by atoms with E-state index in [4.69, 9.17) is 5.73 Å². The highest BCUT2D eigenvalue weighted by atomic mass is 16.2. The fourth-order valence-electron chi connectivity index (χ4n) is 3.43. The summed E-state index contributed by atoms with van der Waals surface area (Å²) < 4.78 is 0. The molecular weight excluding hydrogens is 274 g/mol. The molecule has 1 aliphatic heterocycles. The summed E-state index contributed by atoms with van der Waals surface area (Å²) in [5.74, 6) is 0.512. The van der Waals surface area contributed by atoms with Gasteiger partial charge in [0.25, 0.3) is 5.91 Å². The van der Waals surface area contributed by atoms with Gasteiger partial charge in [-0.1, -0.05) is 25.1 Å². The fourth-order valence-corrected chi connectivity index (χ4v) is 3.43. The maximum absolute atomic E-state index is 13.1. The highest BCUT2D eigenvalue weighted by molar-refractivity contribution is 6.05. The van der Waals surface area contributed by atoms with E-state index >= 15 is 0 Å². The van der Waals surface area contributed by atoms with E-state index in [1.54, 1.807) is 0 Å². The summed E-state index contributed by atoms with van der Waals surface area (Å²) in [7, 11) is 0. The SMILES string of the molecule is Cc1ccc2cccc(C(=O)N3CCC[C@@H](C)[C@H]3CN)c2n1. The number of amides is 1. The quantitative estimate of drug-likeness (QED) is 0.927. The molecular formula is C18H23N3O. The molecule has 1 saturated heterocycles. The number of nitrogens with zero attached hydrogens (tertiary/aromatic N) is 2. The number of hydrogen-bond acceptors (Lipinski definition) is 3. The van der Waals surface area contributed by atoms with Gasteiger partial charge in [0.05, 0.1) is 11.1 Å². The normalized spacial score (nSPS) is 22.0. The number of rotatable bonds is 2. The minimum absolute atomic E-state index is 0.0608. The lowest BCUT2D eigenvalue weighted by atomic mass is 9.90. The lowest BCUT2D eigenvalue weighted by Crippen LogP contribution is -2.51. The molecule has 0 aliphatic carbocycles. The van der Waals surface area contributed by atoms with Crippen LogP contribution in [0, 0.1) is 12.8 Å². The molecule has 0 spiro atoms. The zero-order valence-electron chi connectivity index (χ0n) is 13.2. The maximum Gasteiger partial charge on any atom is 0.256 e. The molecule has 2 N–H and O–H groups in total. The van der Waals surface area contributed by atoms with Gasteiger partial charge in [0.1, 0.15) is 0 Å². The number of likely N-dealkylation sites (tertiary alicyclic amines) is 1. The van der Waals surface area contributed by atoms with E-state index in [0.717, 1.165) is 36.0 Å². The van der Waals surface area contributed by atoms with Gasteiger partial charge < -0.3 is 10.6 Å². The zero-order chi connectivity index (χ0) is 15.7. The van der Waals surface area contributed by atoms with Crippen molar-refractivity contribution >= 4 is 16.8 Å². The topological polar surface area (TPSA) is 59.2 Å². The number of benzene rings is 1. The number of nitrogens with two attached hydrogens (primary N) is 1. The summed E-state index contributed by atoms with van der Waals surface area (Å²) in [6.07, 6.45) is 2.18. The van der Waals surface area contributed by atoms with Crippen molar-refractivity contribution in [3.05, 3.63) is 41.6 Å². The number of fused-ring (bicyclic) bond motifs is 1. The Labute approximate surface area is 131 Å². The van der Waals surface area contributed by atoms with Crippen molar-refractivity contribution in [1.29, 1.82) is 0 Å². The summed E-state index contributed by atoms with van der Waals surface area (Å²) in [5.41, 5.74) is 8.33. The number of para-hydroxylation sites is 1. The lowest BCUT2D eigenvalue weighted by molar-refractivity contribution is 0.0534. The van der Waals surface area contributed by atoms with Gasteiger partial charge in [0.15, 0.2) is 0 Å². The number of hydrogen-bond donors (Lipinski definition) is 1. The molecule has 1 fully saturated rings. The van der Waals surface area contributed by atoms with Crippen LogP contribution in [0.5, 0.6) is 0 Å². The number of piperidine rings is 1. The van der Waals surface area contributed by atoms with Crippen molar-refractivity contribution in [3.63, 3.8) is 0 Å². The average molecular weight is 297 g/mol. The highest BCUT2D eigenvalue weighted by Crippen LogP contribution is 2.26. The van der Waals surface area contributed by atoms with E-state index in [1.807, 2.05) is 42.2 Å². The van der Waals surface area contributed by atoms with Crippen LogP contribution in [0.15, 0.2) is 30.3 Å². The Bertz CT molecular complexity index is 698. The van der Waals surface area contributed by atoms with Gasteiger partial charge >= 0.3 is 0 Å². The second kappa shape index (κ2) is 6.05. The van der Waals surface area contributed by atoms with Gasteiger partial charge in [-0.05, 0) is 37.8 Å². The monoisotopic (exact) mass is 297 g/mol. The van der Waals surface area contributed by atoms with Crippen molar-refractivity contribution < 1.29 is 4.79 Å². The average Bonchev–Trinajstić information content (AvgIpc) is 2.53. The third kappa shape index (κ3) is 2.59. The van der Waals surface area contributed by atoms with Gasteiger partial charge in [-0.3, -0.25) is 9.78 Å². The molecule has 3 rings (SSSR count). The number of aromatic nitrogens is 1. The zero-order valence-corrected chi connectivity index (χ0v) is 13.2. The Hall–Kier alpha value is -1.94. The molecule has 1 aromatic carbocycles. The van der Waals surface area contributed by atoms with Crippen molar-refractivity contribution in [1.82, 2.24) is 9.88 Å². The molecule has 116 valence electrons. The van der Waals surface area contributed by atoms with E-state index in [9.17, 15) is 4.79 Å². The summed E-state index contributed by atoms with van der Waals surface area (Å²) in [4.78, 5) is 19.6. The molecule has 0 bridgehead atoms. The molecule has 2 heterocycles. The van der Waals surface area contributed by atoms with Crippen LogP contribution in [-0.2, 0) is 0 Å². The van der Waals surface area contributed by atoms with Crippen LogP contribution in [-0.4, -0.2) is 34.9 Å². The van der Waals surface area contributed by atoms with E-state index < -0.39 is 0 Å². The molecule has 4 heteroatoms. The van der Waals surface area contributed by atoms with Gasteiger partial charge in [-0.15, -0.1) is 0 Å². The molecule has 2 aromatic rings. The van der Waals surface area contributed by atoms with Crippen LogP contribution in [0.3, 0.4) is 0 Å². The smallest absolute Gasteiger partial charge is 0.256 e. The minimum Gasteiger partial charge on any atom is -0.334 e. The van der Waals surface area contributed by atoms with Gasteiger partial charge in [-0.2, -0.15) is 0 Å². The van der Waals surface area contributed by atoms with Crippen LogP contribution >= 0.6 is 0 Å². The Morgan fingerprint density at radius 1 is 1.36 bits per heavy atom. The van der Waals surface area contributed by atoms with Crippen LogP contribution in [0.25, 0.3) is 10.9 Å². The molecule has 1 aromatic heterocycles. The van der Waals surface area contributed by atoms with E-state index in [-0.39, 0.29) is 11.9 Å². The van der Waals surface area contributed by atoms with Gasteiger partial charge in [0, 0.05) is 30.2 Å². The number of pyridine rings is 1. The summed E-state index contributed by atoms with van der Waals surface area (Å²) >= 11 is 0. The Balaban J connectivity index is 2.03. The molecule has 0 unspecified atom stereocenters. The third-order valence-electron chi connectivity index (χ3n) is 4.71. The molecule has 1 amide bonds. The summed E-state index contributed by atoms with van der Waals surface area (Å²) in [6.45, 7) is 5.44. The highest BCUT2D eigenvalue weighted by Gasteiger charge is 2.32. The predicted octanol–water partition coefficient (Wildman–Crippen LogP) is 2.74.